The molecule has 102 valence electrons. The van der Waals surface area contributed by atoms with Gasteiger partial charge in [-0.3, -0.25) is 9.59 Å². The van der Waals surface area contributed by atoms with Gasteiger partial charge in [0.2, 0.25) is 5.78 Å². The summed E-state index contributed by atoms with van der Waals surface area (Å²) in [5, 5.41) is 0. The van der Waals surface area contributed by atoms with Crippen LogP contribution in [0, 0.1) is 0 Å². The van der Waals surface area contributed by atoms with Crippen molar-refractivity contribution in [3.05, 3.63) is 84.6 Å². The minimum absolute atomic E-state index is 0.178. The molecule has 0 spiro atoms. The van der Waals surface area contributed by atoms with Crippen molar-refractivity contribution in [2.75, 3.05) is 4.90 Å². The molecule has 21 heavy (non-hydrogen) atoms. The highest BCUT2D eigenvalue weighted by Crippen LogP contribution is 2.30. The molecule has 3 nitrogen and oxygen atoms in total. The van der Waals surface area contributed by atoms with Gasteiger partial charge in [-0.1, -0.05) is 36.4 Å². The van der Waals surface area contributed by atoms with Crippen molar-refractivity contribution in [2.24, 2.45) is 0 Å². The molecule has 0 unspecified atom stereocenters. The maximum absolute atomic E-state index is 12.2. The molecule has 0 fully saturated rings. The van der Waals surface area contributed by atoms with Crippen LogP contribution in [0.4, 0.5) is 11.4 Å². The second-order valence-electron chi connectivity index (χ2n) is 4.64. The zero-order valence-corrected chi connectivity index (χ0v) is 11.3. The minimum Gasteiger partial charge on any atom is -0.307 e. The summed E-state index contributed by atoms with van der Waals surface area (Å²) in [7, 11) is 0. The van der Waals surface area contributed by atoms with Crippen LogP contribution >= 0.6 is 0 Å². The van der Waals surface area contributed by atoms with E-state index in [9.17, 15) is 9.59 Å². The standard InChI is InChI=1S/C18H13NO2/c20-16-11-12-18(21)17(13-16)19(14-7-3-1-4-8-14)15-9-5-2-6-10-15/h1-13H. The van der Waals surface area contributed by atoms with Gasteiger partial charge in [0.1, 0.15) is 0 Å². The van der Waals surface area contributed by atoms with Gasteiger partial charge in [-0.25, -0.2) is 0 Å². The number of anilines is 2. The quantitative estimate of drug-likeness (QED) is 0.805. The van der Waals surface area contributed by atoms with Gasteiger partial charge in [-0.15, -0.1) is 0 Å². The van der Waals surface area contributed by atoms with E-state index in [1.807, 2.05) is 60.7 Å². The lowest BCUT2D eigenvalue weighted by atomic mass is 10.1. The van der Waals surface area contributed by atoms with E-state index >= 15 is 0 Å². The van der Waals surface area contributed by atoms with Gasteiger partial charge in [0.15, 0.2) is 5.78 Å². The smallest absolute Gasteiger partial charge is 0.202 e. The molecule has 0 amide bonds. The maximum atomic E-state index is 12.2. The second-order valence-corrected chi connectivity index (χ2v) is 4.64. The SMILES string of the molecule is O=C1C=CC(=O)C(N(c2ccccc2)c2ccccc2)=C1. The molecule has 0 aromatic heterocycles. The molecule has 3 heteroatoms. The van der Waals surface area contributed by atoms with E-state index in [1.54, 1.807) is 4.90 Å². The summed E-state index contributed by atoms with van der Waals surface area (Å²) >= 11 is 0. The Bertz CT molecular complexity index is 691. The first-order valence-corrected chi connectivity index (χ1v) is 6.64. The maximum Gasteiger partial charge on any atom is 0.202 e. The summed E-state index contributed by atoms with van der Waals surface area (Å²) in [6.45, 7) is 0. The van der Waals surface area contributed by atoms with Crippen LogP contribution in [0.25, 0.3) is 0 Å². The van der Waals surface area contributed by atoms with Gasteiger partial charge < -0.3 is 4.90 Å². The third-order valence-electron chi connectivity index (χ3n) is 3.20. The number of hydrogen-bond donors (Lipinski definition) is 0. The van der Waals surface area contributed by atoms with E-state index in [0.717, 1.165) is 11.4 Å². The molecular weight excluding hydrogens is 262 g/mol. The number of para-hydroxylation sites is 2. The molecule has 3 rings (SSSR count). The Morgan fingerprint density at radius 1 is 0.667 bits per heavy atom. The first kappa shape index (κ1) is 13.1. The molecule has 0 radical (unpaired) electrons. The number of ketones is 2. The molecular formula is C18H13NO2. The highest BCUT2D eigenvalue weighted by Gasteiger charge is 2.22. The average Bonchev–Trinajstić information content (AvgIpc) is 2.53. The van der Waals surface area contributed by atoms with Crippen LogP contribution in [0.3, 0.4) is 0 Å². The highest BCUT2D eigenvalue weighted by atomic mass is 16.1. The summed E-state index contributed by atoms with van der Waals surface area (Å²) in [4.78, 5) is 25.6. The van der Waals surface area contributed by atoms with Crippen molar-refractivity contribution >= 4 is 22.9 Å². The number of hydrogen-bond acceptors (Lipinski definition) is 3. The molecule has 0 bridgehead atoms. The Morgan fingerprint density at radius 2 is 1.19 bits per heavy atom. The topological polar surface area (TPSA) is 37.4 Å². The van der Waals surface area contributed by atoms with E-state index in [-0.39, 0.29) is 11.6 Å². The molecule has 0 heterocycles. The highest BCUT2D eigenvalue weighted by molar-refractivity contribution is 6.19. The van der Waals surface area contributed by atoms with Gasteiger partial charge in [0.05, 0.1) is 5.70 Å². The van der Waals surface area contributed by atoms with Crippen LogP contribution < -0.4 is 4.90 Å². The van der Waals surface area contributed by atoms with Gasteiger partial charge >= 0.3 is 0 Å². The van der Waals surface area contributed by atoms with E-state index in [2.05, 4.69) is 0 Å². The number of carbonyl (C=O) groups is 2. The summed E-state index contributed by atoms with van der Waals surface area (Å²) in [6.07, 6.45) is 3.99. The van der Waals surface area contributed by atoms with Crippen molar-refractivity contribution in [1.29, 1.82) is 0 Å². The lowest BCUT2D eigenvalue weighted by molar-refractivity contribution is -0.114. The van der Waals surface area contributed by atoms with Crippen LogP contribution in [0.1, 0.15) is 0 Å². The predicted molar refractivity (Wildman–Crippen MR) is 82.3 cm³/mol. The first-order chi connectivity index (χ1) is 10.3. The van der Waals surface area contributed by atoms with Gasteiger partial charge in [0, 0.05) is 17.5 Å². The number of nitrogens with zero attached hydrogens (tertiary/aromatic N) is 1. The van der Waals surface area contributed by atoms with Crippen molar-refractivity contribution in [1.82, 2.24) is 0 Å². The third-order valence-corrected chi connectivity index (χ3v) is 3.20. The average molecular weight is 275 g/mol. The predicted octanol–water partition coefficient (Wildman–Crippen LogP) is 3.42. The second kappa shape index (κ2) is 5.59. The Hall–Kier alpha value is -2.94. The molecule has 0 saturated heterocycles. The summed E-state index contributed by atoms with van der Waals surface area (Å²) < 4.78 is 0. The Balaban J connectivity index is 2.14. The van der Waals surface area contributed by atoms with Gasteiger partial charge in [0.25, 0.3) is 0 Å². The minimum atomic E-state index is -0.179. The van der Waals surface area contributed by atoms with Gasteiger partial charge in [-0.2, -0.15) is 0 Å². The largest absolute Gasteiger partial charge is 0.307 e. The number of rotatable bonds is 3. The van der Waals surface area contributed by atoms with Crippen LogP contribution in [0.2, 0.25) is 0 Å². The fraction of sp³-hybridized carbons (Fsp3) is 0. The summed E-state index contributed by atoms with van der Waals surface area (Å²) in [5.41, 5.74) is 2.04. The zero-order valence-electron chi connectivity index (χ0n) is 11.3. The molecule has 2 aromatic rings. The van der Waals surface area contributed by atoms with E-state index in [1.165, 1.54) is 18.2 Å². The lowest BCUT2D eigenvalue weighted by Gasteiger charge is -2.27. The van der Waals surface area contributed by atoms with Crippen LogP contribution in [-0.2, 0) is 9.59 Å². The van der Waals surface area contributed by atoms with Crippen LogP contribution in [-0.4, -0.2) is 11.6 Å². The first-order valence-electron chi connectivity index (χ1n) is 6.64. The Kier molecular flexibility index (Phi) is 3.48. The van der Waals surface area contributed by atoms with E-state index < -0.39 is 0 Å². The zero-order chi connectivity index (χ0) is 14.7. The molecule has 0 aliphatic heterocycles. The number of allylic oxidation sites excluding steroid dienone is 3. The monoisotopic (exact) mass is 275 g/mol. The molecule has 1 aliphatic rings. The fourth-order valence-corrected chi connectivity index (χ4v) is 2.25. The van der Waals surface area contributed by atoms with E-state index in [0.29, 0.717) is 5.70 Å². The molecule has 2 aromatic carbocycles. The molecule has 0 atom stereocenters. The van der Waals surface area contributed by atoms with Crippen molar-refractivity contribution in [3.63, 3.8) is 0 Å². The van der Waals surface area contributed by atoms with Crippen LogP contribution in [0.15, 0.2) is 84.6 Å². The summed E-state index contributed by atoms with van der Waals surface area (Å²) in [6, 6.07) is 19.0. The van der Waals surface area contributed by atoms with E-state index in [4.69, 9.17) is 0 Å². The molecule has 0 saturated carbocycles. The van der Waals surface area contributed by atoms with Crippen molar-refractivity contribution in [2.45, 2.75) is 0 Å². The normalized spacial score (nSPS) is 14.0. The molecule has 0 N–H and O–H groups in total. The fourth-order valence-electron chi connectivity index (χ4n) is 2.25. The van der Waals surface area contributed by atoms with Crippen LogP contribution in [0.5, 0.6) is 0 Å². The van der Waals surface area contributed by atoms with Crippen molar-refractivity contribution in [3.8, 4) is 0 Å². The molecule has 1 aliphatic carbocycles. The summed E-state index contributed by atoms with van der Waals surface area (Å²) in [5.74, 6) is -0.358. The number of benzene rings is 2. The Labute approximate surface area is 122 Å². The Morgan fingerprint density at radius 3 is 1.71 bits per heavy atom. The lowest BCUT2D eigenvalue weighted by Crippen LogP contribution is -2.24. The van der Waals surface area contributed by atoms with Gasteiger partial charge in [-0.05, 0) is 36.4 Å². The number of carbonyl (C=O) groups excluding carboxylic acids is 2. The third kappa shape index (κ3) is 2.67. The van der Waals surface area contributed by atoms with Crippen molar-refractivity contribution < 1.29 is 9.59 Å².